The largest absolute Gasteiger partial charge is 0.365 e. The van der Waals surface area contributed by atoms with Gasteiger partial charge in [0.25, 0.3) is 0 Å². The van der Waals surface area contributed by atoms with Crippen LogP contribution in [0.3, 0.4) is 0 Å². The summed E-state index contributed by atoms with van der Waals surface area (Å²) in [7, 11) is 0. The van der Waals surface area contributed by atoms with Crippen molar-refractivity contribution in [2.24, 2.45) is 0 Å². The molecule has 20 heavy (non-hydrogen) atoms. The molecule has 1 aliphatic heterocycles. The Labute approximate surface area is 123 Å². The standard InChI is InChI=1S/C16H18N2OS/c1-3-16-17-14(10-20-16)9-18-7-6-13-8-12(11(2)19)4-5-15(13)18/h4-5,8,10H,3,6-7,9H2,1-2H3. The Morgan fingerprint density at radius 2 is 2.30 bits per heavy atom. The molecule has 2 aromatic rings. The van der Waals surface area contributed by atoms with E-state index in [1.807, 2.05) is 12.1 Å². The van der Waals surface area contributed by atoms with Crippen molar-refractivity contribution in [1.82, 2.24) is 4.98 Å². The van der Waals surface area contributed by atoms with Gasteiger partial charge in [-0.2, -0.15) is 0 Å². The molecular weight excluding hydrogens is 268 g/mol. The van der Waals surface area contributed by atoms with E-state index in [1.165, 1.54) is 16.3 Å². The maximum atomic E-state index is 11.4. The lowest BCUT2D eigenvalue weighted by atomic mass is 10.1. The zero-order chi connectivity index (χ0) is 14.1. The minimum Gasteiger partial charge on any atom is -0.365 e. The van der Waals surface area contributed by atoms with Crippen LogP contribution >= 0.6 is 11.3 Å². The molecule has 0 spiro atoms. The van der Waals surface area contributed by atoms with Crippen LogP contribution in [0.1, 0.15) is 40.5 Å². The first-order chi connectivity index (χ1) is 9.67. The number of rotatable bonds is 4. The van der Waals surface area contributed by atoms with Crippen LogP contribution in [-0.4, -0.2) is 17.3 Å². The minimum atomic E-state index is 0.137. The van der Waals surface area contributed by atoms with Crippen molar-refractivity contribution in [2.75, 3.05) is 11.4 Å². The molecule has 1 aliphatic rings. The molecule has 0 aliphatic carbocycles. The Morgan fingerprint density at radius 3 is 3.00 bits per heavy atom. The molecule has 3 rings (SSSR count). The lowest BCUT2D eigenvalue weighted by Gasteiger charge is -2.18. The number of carbonyl (C=O) groups excluding carboxylic acids is 1. The fourth-order valence-corrected chi connectivity index (χ4v) is 3.37. The number of hydrogen-bond acceptors (Lipinski definition) is 4. The van der Waals surface area contributed by atoms with Crippen molar-refractivity contribution in [3.8, 4) is 0 Å². The van der Waals surface area contributed by atoms with Crippen LogP contribution in [0.4, 0.5) is 5.69 Å². The number of benzene rings is 1. The first kappa shape index (κ1) is 13.3. The maximum absolute atomic E-state index is 11.4. The van der Waals surface area contributed by atoms with Crippen LogP contribution < -0.4 is 4.90 Å². The Hall–Kier alpha value is -1.68. The molecule has 0 fully saturated rings. The zero-order valence-electron chi connectivity index (χ0n) is 11.8. The molecule has 4 heteroatoms. The lowest BCUT2D eigenvalue weighted by Crippen LogP contribution is -2.19. The highest BCUT2D eigenvalue weighted by molar-refractivity contribution is 7.09. The number of carbonyl (C=O) groups is 1. The van der Waals surface area contributed by atoms with Crippen molar-refractivity contribution in [1.29, 1.82) is 0 Å². The average molecular weight is 286 g/mol. The molecule has 0 bridgehead atoms. The molecule has 0 atom stereocenters. The summed E-state index contributed by atoms with van der Waals surface area (Å²) < 4.78 is 0. The smallest absolute Gasteiger partial charge is 0.159 e. The van der Waals surface area contributed by atoms with Crippen molar-refractivity contribution >= 4 is 22.8 Å². The molecule has 0 N–H and O–H groups in total. The summed E-state index contributed by atoms with van der Waals surface area (Å²) in [5, 5.41) is 3.35. The van der Waals surface area contributed by atoms with Gasteiger partial charge < -0.3 is 4.90 Å². The van der Waals surface area contributed by atoms with Gasteiger partial charge >= 0.3 is 0 Å². The quantitative estimate of drug-likeness (QED) is 0.807. The molecule has 2 heterocycles. The third kappa shape index (κ3) is 2.48. The van der Waals surface area contributed by atoms with E-state index in [2.05, 4.69) is 28.3 Å². The summed E-state index contributed by atoms with van der Waals surface area (Å²) in [5.74, 6) is 0.137. The van der Waals surface area contributed by atoms with Gasteiger partial charge in [-0.15, -0.1) is 11.3 Å². The van der Waals surface area contributed by atoms with Crippen LogP contribution in [0.5, 0.6) is 0 Å². The van der Waals surface area contributed by atoms with E-state index in [-0.39, 0.29) is 5.78 Å². The Balaban J connectivity index is 1.80. The van der Waals surface area contributed by atoms with Crippen molar-refractivity contribution in [2.45, 2.75) is 33.2 Å². The second-order valence-corrected chi connectivity index (χ2v) is 6.10. The lowest BCUT2D eigenvalue weighted by molar-refractivity contribution is 0.101. The molecule has 0 saturated heterocycles. The van der Waals surface area contributed by atoms with Gasteiger partial charge in [-0.3, -0.25) is 4.79 Å². The third-order valence-electron chi connectivity index (χ3n) is 3.73. The SMILES string of the molecule is CCc1nc(CN2CCc3cc(C(C)=O)ccc32)cs1. The Bertz CT molecular complexity index is 648. The summed E-state index contributed by atoms with van der Waals surface area (Å²) in [5.41, 5.74) is 4.49. The van der Waals surface area contributed by atoms with Crippen LogP contribution in [0.15, 0.2) is 23.6 Å². The fourth-order valence-electron chi connectivity index (χ4n) is 2.63. The molecule has 0 radical (unpaired) electrons. The number of anilines is 1. The molecule has 0 amide bonds. The van der Waals surface area contributed by atoms with Gasteiger partial charge in [-0.25, -0.2) is 4.98 Å². The predicted molar refractivity (Wildman–Crippen MR) is 82.7 cm³/mol. The Morgan fingerprint density at radius 1 is 1.45 bits per heavy atom. The fraction of sp³-hybridized carbons (Fsp3) is 0.375. The molecule has 1 aromatic heterocycles. The predicted octanol–water partition coefficient (Wildman–Crippen LogP) is 3.47. The minimum absolute atomic E-state index is 0.137. The molecular formula is C16H18N2OS. The molecule has 3 nitrogen and oxygen atoms in total. The van der Waals surface area contributed by atoms with E-state index in [1.54, 1.807) is 18.3 Å². The van der Waals surface area contributed by atoms with Gasteiger partial charge in [-0.1, -0.05) is 6.92 Å². The highest BCUT2D eigenvalue weighted by atomic mass is 32.1. The first-order valence-electron chi connectivity index (χ1n) is 6.99. The van der Waals surface area contributed by atoms with Crippen LogP contribution in [-0.2, 0) is 19.4 Å². The van der Waals surface area contributed by atoms with E-state index in [4.69, 9.17) is 0 Å². The van der Waals surface area contributed by atoms with Crippen molar-refractivity contribution in [3.63, 3.8) is 0 Å². The number of Topliss-reactive ketones (excluding diaryl/α,β-unsaturated/α-hetero) is 1. The van der Waals surface area contributed by atoms with Gasteiger partial charge in [-0.05, 0) is 43.5 Å². The summed E-state index contributed by atoms with van der Waals surface area (Å²) in [4.78, 5) is 18.4. The van der Waals surface area contributed by atoms with Crippen molar-refractivity contribution in [3.05, 3.63) is 45.4 Å². The van der Waals surface area contributed by atoms with E-state index in [0.29, 0.717) is 0 Å². The van der Waals surface area contributed by atoms with E-state index < -0.39 is 0 Å². The molecule has 1 aromatic carbocycles. The number of ketones is 1. The molecule has 104 valence electrons. The number of aryl methyl sites for hydroxylation is 1. The van der Waals surface area contributed by atoms with Gasteiger partial charge in [0, 0.05) is 23.2 Å². The van der Waals surface area contributed by atoms with E-state index >= 15 is 0 Å². The van der Waals surface area contributed by atoms with Crippen LogP contribution in [0.25, 0.3) is 0 Å². The maximum Gasteiger partial charge on any atom is 0.159 e. The van der Waals surface area contributed by atoms with Crippen LogP contribution in [0.2, 0.25) is 0 Å². The molecule has 0 saturated carbocycles. The first-order valence-corrected chi connectivity index (χ1v) is 7.87. The molecule has 0 unspecified atom stereocenters. The van der Waals surface area contributed by atoms with Gasteiger partial charge in [0.1, 0.15) is 0 Å². The van der Waals surface area contributed by atoms with E-state index in [0.717, 1.165) is 37.2 Å². The zero-order valence-corrected chi connectivity index (χ0v) is 12.7. The third-order valence-corrected chi connectivity index (χ3v) is 4.77. The highest BCUT2D eigenvalue weighted by Gasteiger charge is 2.20. The summed E-state index contributed by atoms with van der Waals surface area (Å²) in [6, 6.07) is 6.04. The van der Waals surface area contributed by atoms with Gasteiger partial charge in [0.2, 0.25) is 0 Å². The number of hydrogen-bond donors (Lipinski definition) is 0. The van der Waals surface area contributed by atoms with Crippen molar-refractivity contribution < 1.29 is 4.79 Å². The van der Waals surface area contributed by atoms with Crippen LogP contribution in [0, 0.1) is 0 Å². The average Bonchev–Trinajstić information content (AvgIpc) is 3.06. The Kier molecular flexibility index (Phi) is 3.57. The van der Waals surface area contributed by atoms with Gasteiger partial charge in [0.05, 0.1) is 17.2 Å². The second kappa shape index (κ2) is 5.37. The van der Waals surface area contributed by atoms with E-state index in [9.17, 15) is 4.79 Å². The summed E-state index contributed by atoms with van der Waals surface area (Å²) in [6.45, 7) is 5.63. The summed E-state index contributed by atoms with van der Waals surface area (Å²) >= 11 is 1.74. The number of nitrogens with zero attached hydrogens (tertiary/aromatic N) is 2. The number of fused-ring (bicyclic) bond motifs is 1. The summed E-state index contributed by atoms with van der Waals surface area (Å²) in [6.07, 6.45) is 2.02. The second-order valence-electron chi connectivity index (χ2n) is 5.16. The topological polar surface area (TPSA) is 33.2 Å². The number of thiazole rings is 1. The monoisotopic (exact) mass is 286 g/mol. The normalized spacial score (nSPS) is 13.6. The highest BCUT2D eigenvalue weighted by Crippen LogP contribution is 2.30. The van der Waals surface area contributed by atoms with Gasteiger partial charge in [0.15, 0.2) is 5.78 Å². The number of aromatic nitrogens is 1.